The number of fused-ring (bicyclic) bond motifs is 1. The van der Waals surface area contributed by atoms with Crippen molar-refractivity contribution >= 4 is 33.2 Å². The van der Waals surface area contributed by atoms with Crippen LogP contribution in [0.2, 0.25) is 0 Å². The molecular weight excluding hydrogens is 274 g/mol. The van der Waals surface area contributed by atoms with Crippen LogP contribution in [-0.2, 0) is 0 Å². The van der Waals surface area contributed by atoms with Crippen molar-refractivity contribution < 1.29 is 10.0 Å². The van der Waals surface area contributed by atoms with Crippen molar-refractivity contribution in [2.45, 2.75) is 19.3 Å². The molecule has 0 aliphatic rings. The normalized spacial score (nSPS) is 11.7. The number of thiophene rings is 1. The van der Waals surface area contributed by atoms with Gasteiger partial charge in [0.25, 0.3) is 5.91 Å². The zero-order valence-electron chi connectivity index (χ0n) is 11.0. The lowest BCUT2D eigenvalue weighted by Gasteiger charge is -2.04. The van der Waals surface area contributed by atoms with E-state index in [9.17, 15) is 4.79 Å². The Morgan fingerprint density at radius 1 is 1.35 bits per heavy atom. The minimum absolute atomic E-state index is 0.0498. The lowest BCUT2D eigenvalue weighted by Crippen LogP contribution is -2.24. The second-order valence-corrected chi connectivity index (χ2v) is 5.36. The Kier molecular flexibility index (Phi) is 4.95. The van der Waals surface area contributed by atoms with E-state index in [4.69, 9.17) is 10.9 Å². The summed E-state index contributed by atoms with van der Waals surface area (Å²) in [6, 6.07) is 7.86. The highest BCUT2D eigenvalue weighted by Crippen LogP contribution is 2.25. The molecule has 0 radical (unpaired) electrons. The maximum Gasteiger partial charge on any atom is 0.252 e. The van der Waals surface area contributed by atoms with Crippen LogP contribution >= 0.6 is 11.3 Å². The number of hydrogen-bond acceptors (Lipinski definition) is 4. The van der Waals surface area contributed by atoms with Crippen LogP contribution in [0.1, 0.15) is 29.6 Å². The number of nitrogens with one attached hydrogen (secondary N) is 1. The van der Waals surface area contributed by atoms with Gasteiger partial charge in [0, 0.05) is 28.4 Å². The van der Waals surface area contributed by atoms with Gasteiger partial charge in [-0.05, 0) is 18.9 Å². The third-order valence-corrected chi connectivity index (χ3v) is 3.96. The molecule has 0 fully saturated rings. The van der Waals surface area contributed by atoms with Crippen molar-refractivity contribution in [2.75, 3.05) is 6.54 Å². The van der Waals surface area contributed by atoms with Gasteiger partial charge in [-0.2, -0.15) is 0 Å². The summed E-state index contributed by atoms with van der Waals surface area (Å²) in [4.78, 5) is 12.1. The number of amidine groups is 1. The first kappa shape index (κ1) is 14.3. The molecule has 0 bridgehead atoms. The van der Waals surface area contributed by atoms with E-state index in [2.05, 4.69) is 10.5 Å². The maximum absolute atomic E-state index is 12.1. The molecule has 1 aromatic carbocycles. The van der Waals surface area contributed by atoms with E-state index < -0.39 is 0 Å². The van der Waals surface area contributed by atoms with Crippen LogP contribution in [0.5, 0.6) is 0 Å². The summed E-state index contributed by atoms with van der Waals surface area (Å²) in [6.45, 7) is 0.585. The van der Waals surface area contributed by atoms with Gasteiger partial charge in [0.15, 0.2) is 0 Å². The fourth-order valence-electron chi connectivity index (χ4n) is 1.93. The summed E-state index contributed by atoms with van der Waals surface area (Å²) >= 11 is 1.57. The smallest absolute Gasteiger partial charge is 0.252 e. The van der Waals surface area contributed by atoms with Crippen LogP contribution in [0.4, 0.5) is 0 Å². The van der Waals surface area contributed by atoms with Crippen molar-refractivity contribution in [1.82, 2.24) is 5.32 Å². The molecular formula is C14H17N3O2S. The molecule has 20 heavy (non-hydrogen) atoms. The zero-order valence-corrected chi connectivity index (χ0v) is 11.8. The Labute approximate surface area is 121 Å². The summed E-state index contributed by atoms with van der Waals surface area (Å²) in [6.07, 6.45) is 2.11. The number of nitrogens with two attached hydrogens (primary N) is 1. The quantitative estimate of drug-likeness (QED) is 0.251. The number of carbonyl (C=O) groups is 1. The molecule has 0 atom stereocenters. The Balaban J connectivity index is 1.83. The summed E-state index contributed by atoms with van der Waals surface area (Å²) in [5.41, 5.74) is 6.09. The summed E-state index contributed by atoms with van der Waals surface area (Å²) in [5, 5.41) is 17.1. The van der Waals surface area contributed by atoms with Gasteiger partial charge in [-0.25, -0.2) is 0 Å². The van der Waals surface area contributed by atoms with Crippen LogP contribution in [0.25, 0.3) is 10.1 Å². The zero-order chi connectivity index (χ0) is 14.4. The highest BCUT2D eigenvalue weighted by atomic mass is 32.1. The molecule has 0 aliphatic carbocycles. The van der Waals surface area contributed by atoms with Gasteiger partial charge in [0.2, 0.25) is 0 Å². The number of amides is 1. The van der Waals surface area contributed by atoms with Gasteiger partial charge in [-0.15, -0.1) is 11.3 Å². The monoisotopic (exact) mass is 291 g/mol. The van der Waals surface area contributed by atoms with Gasteiger partial charge < -0.3 is 16.3 Å². The Morgan fingerprint density at radius 2 is 2.15 bits per heavy atom. The van der Waals surface area contributed by atoms with Gasteiger partial charge in [-0.1, -0.05) is 23.4 Å². The number of carbonyl (C=O) groups excluding carboxylic acids is 1. The third-order valence-electron chi connectivity index (χ3n) is 3.00. The van der Waals surface area contributed by atoms with E-state index in [0.29, 0.717) is 13.0 Å². The van der Waals surface area contributed by atoms with E-state index >= 15 is 0 Å². The number of rotatable bonds is 6. The van der Waals surface area contributed by atoms with Crippen molar-refractivity contribution in [3.8, 4) is 0 Å². The van der Waals surface area contributed by atoms with Crippen LogP contribution in [0.15, 0.2) is 34.8 Å². The molecule has 1 heterocycles. The number of oxime groups is 1. The predicted molar refractivity (Wildman–Crippen MR) is 81.4 cm³/mol. The van der Waals surface area contributed by atoms with E-state index in [1.165, 1.54) is 0 Å². The molecule has 2 rings (SSSR count). The predicted octanol–water partition coefficient (Wildman–Crippen LogP) is 2.55. The lowest BCUT2D eigenvalue weighted by atomic mass is 10.1. The third kappa shape index (κ3) is 3.48. The van der Waals surface area contributed by atoms with Gasteiger partial charge in [0.1, 0.15) is 5.84 Å². The van der Waals surface area contributed by atoms with Gasteiger partial charge in [-0.3, -0.25) is 4.79 Å². The van der Waals surface area contributed by atoms with Crippen molar-refractivity contribution in [1.29, 1.82) is 0 Å². The maximum atomic E-state index is 12.1. The minimum atomic E-state index is -0.0498. The van der Waals surface area contributed by atoms with Crippen LogP contribution in [0.3, 0.4) is 0 Å². The Hall–Kier alpha value is -2.08. The molecule has 1 amide bonds. The number of nitrogens with zero attached hydrogens (tertiary/aromatic N) is 1. The molecule has 2 aromatic rings. The fourth-order valence-corrected chi connectivity index (χ4v) is 2.87. The van der Waals surface area contributed by atoms with E-state index in [0.717, 1.165) is 28.5 Å². The van der Waals surface area contributed by atoms with Crippen molar-refractivity contribution in [3.63, 3.8) is 0 Å². The SMILES string of the molecule is NC(CCCCNC(=O)c1csc2ccccc12)=NO. The summed E-state index contributed by atoms with van der Waals surface area (Å²) in [5.74, 6) is 0.173. The minimum Gasteiger partial charge on any atom is -0.409 e. The topological polar surface area (TPSA) is 87.7 Å². The highest BCUT2D eigenvalue weighted by molar-refractivity contribution is 7.17. The summed E-state index contributed by atoms with van der Waals surface area (Å²) in [7, 11) is 0. The molecule has 0 saturated heterocycles. The standard InChI is InChI=1S/C14H17N3O2S/c15-13(17-19)7-3-4-8-16-14(18)11-9-20-12-6-2-1-5-10(11)12/h1-2,5-6,9,19H,3-4,7-8H2,(H2,15,17)(H,16,18). The largest absolute Gasteiger partial charge is 0.409 e. The molecule has 1 aromatic heterocycles. The molecule has 0 unspecified atom stereocenters. The lowest BCUT2D eigenvalue weighted by molar-refractivity contribution is 0.0955. The van der Waals surface area contributed by atoms with E-state index in [1.54, 1.807) is 11.3 Å². The number of hydrogen-bond donors (Lipinski definition) is 3. The van der Waals surface area contributed by atoms with Crippen LogP contribution in [0, 0.1) is 0 Å². The first-order valence-electron chi connectivity index (χ1n) is 6.43. The number of benzene rings is 1. The van der Waals surface area contributed by atoms with Crippen LogP contribution < -0.4 is 11.1 Å². The first-order chi connectivity index (χ1) is 9.72. The summed E-state index contributed by atoms with van der Waals surface area (Å²) < 4.78 is 1.12. The molecule has 5 nitrogen and oxygen atoms in total. The first-order valence-corrected chi connectivity index (χ1v) is 7.31. The van der Waals surface area contributed by atoms with E-state index in [1.807, 2.05) is 29.6 Å². The van der Waals surface area contributed by atoms with Crippen molar-refractivity contribution in [3.05, 3.63) is 35.2 Å². The fraction of sp³-hybridized carbons (Fsp3) is 0.286. The van der Waals surface area contributed by atoms with Crippen LogP contribution in [-0.4, -0.2) is 23.5 Å². The molecule has 0 aliphatic heterocycles. The van der Waals surface area contributed by atoms with Crippen molar-refractivity contribution in [2.24, 2.45) is 10.9 Å². The second kappa shape index (κ2) is 6.91. The van der Waals surface area contributed by atoms with Gasteiger partial charge >= 0.3 is 0 Å². The highest BCUT2D eigenvalue weighted by Gasteiger charge is 2.10. The molecule has 6 heteroatoms. The molecule has 4 N–H and O–H groups in total. The Bertz CT molecular complexity index is 622. The van der Waals surface area contributed by atoms with Gasteiger partial charge in [0.05, 0.1) is 5.56 Å². The average Bonchev–Trinajstić information content (AvgIpc) is 2.90. The molecule has 0 saturated carbocycles. The Morgan fingerprint density at radius 3 is 2.95 bits per heavy atom. The molecule has 106 valence electrons. The number of unbranched alkanes of at least 4 members (excludes halogenated alkanes) is 1. The van der Waals surface area contributed by atoms with E-state index in [-0.39, 0.29) is 11.7 Å². The second-order valence-electron chi connectivity index (χ2n) is 4.45. The average molecular weight is 291 g/mol. The molecule has 0 spiro atoms.